The Hall–Kier alpha value is -0.670. The Morgan fingerprint density at radius 1 is 1.44 bits per heavy atom. The lowest BCUT2D eigenvalue weighted by Gasteiger charge is -2.30. The van der Waals surface area contributed by atoms with Gasteiger partial charge in [-0.25, -0.2) is 0 Å². The SMILES string of the molecule is COc1ccc2c(c1)SCCC2C1(N)CC1. The molecule has 0 bridgehead atoms. The highest BCUT2D eigenvalue weighted by Crippen LogP contribution is 2.52. The van der Waals surface area contributed by atoms with E-state index in [9.17, 15) is 0 Å². The van der Waals surface area contributed by atoms with E-state index < -0.39 is 0 Å². The number of hydrogen-bond acceptors (Lipinski definition) is 3. The van der Waals surface area contributed by atoms with Crippen LogP contribution in [0, 0.1) is 0 Å². The summed E-state index contributed by atoms with van der Waals surface area (Å²) in [6, 6.07) is 6.42. The lowest BCUT2D eigenvalue weighted by atomic mass is 9.87. The summed E-state index contributed by atoms with van der Waals surface area (Å²) in [5, 5.41) is 0. The largest absolute Gasteiger partial charge is 0.497 e. The number of benzene rings is 1. The van der Waals surface area contributed by atoms with Gasteiger partial charge in [-0.3, -0.25) is 0 Å². The summed E-state index contributed by atoms with van der Waals surface area (Å²) in [7, 11) is 1.72. The molecular weight excluding hydrogens is 218 g/mol. The van der Waals surface area contributed by atoms with E-state index in [4.69, 9.17) is 10.5 Å². The van der Waals surface area contributed by atoms with Gasteiger partial charge in [-0.15, -0.1) is 11.8 Å². The Bertz CT molecular complexity index is 414. The van der Waals surface area contributed by atoms with E-state index in [-0.39, 0.29) is 5.54 Å². The molecule has 0 radical (unpaired) electrons. The number of rotatable bonds is 2. The first kappa shape index (κ1) is 10.5. The fourth-order valence-electron chi connectivity index (χ4n) is 2.59. The minimum Gasteiger partial charge on any atom is -0.497 e. The third-order valence-corrected chi connectivity index (χ3v) is 4.89. The van der Waals surface area contributed by atoms with Gasteiger partial charge in [0.1, 0.15) is 5.75 Å². The van der Waals surface area contributed by atoms with Crippen LogP contribution in [0.1, 0.15) is 30.7 Å². The first-order valence-electron chi connectivity index (χ1n) is 5.82. The Kier molecular flexibility index (Phi) is 2.41. The normalized spacial score (nSPS) is 26.0. The van der Waals surface area contributed by atoms with Gasteiger partial charge in [0.15, 0.2) is 0 Å². The molecule has 1 saturated carbocycles. The summed E-state index contributed by atoms with van der Waals surface area (Å²) < 4.78 is 5.27. The minimum absolute atomic E-state index is 0.102. The van der Waals surface area contributed by atoms with Crippen molar-refractivity contribution in [3.63, 3.8) is 0 Å². The van der Waals surface area contributed by atoms with Crippen LogP contribution < -0.4 is 10.5 Å². The van der Waals surface area contributed by atoms with Crippen molar-refractivity contribution in [1.29, 1.82) is 0 Å². The molecule has 1 heterocycles. The van der Waals surface area contributed by atoms with E-state index in [1.54, 1.807) is 7.11 Å². The van der Waals surface area contributed by atoms with Crippen LogP contribution in [0.25, 0.3) is 0 Å². The Morgan fingerprint density at radius 2 is 2.25 bits per heavy atom. The molecule has 1 aromatic carbocycles. The average Bonchev–Trinajstić information content (AvgIpc) is 3.07. The lowest BCUT2D eigenvalue weighted by Crippen LogP contribution is -2.32. The molecule has 3 rings (SSSR count). The zero-order valence-corrected chi connectivity index (χ0v) is 10.3. The number of fused-ring (bicyclic) bond motifs is 1. The molecule has 1 aliphatic carbocycles. The molecule has 0 saturated heterocycles. The highest BCUT2D eigenvalue weighted by molar-refractivity contribution is 7.99. The average molecular weight is 235 g/mol. The first-order valence-corrected chi connectivity index (χ1v) is 6.81. The van der Waals surface area contributed by atoms with Gasteiger partial charge >= 0.3 is 0 Å². The molecule has 2 nitrogen and oxygen atoms in total. The van der Waals surface area contributed by atoms with Gasteiger partial charge in [0.25, 0.3) is 0 Å². The molecule has 16 heavy (non-hydrogen) atoms. The summed E-state index contributed by atoms with van der Waals surface area (Å²) in [5.41, 5.74) is 7.91. The molecule has 1 aliphatic heterocycles. The summed E-state index contributed by atoms with van der Waals surface area (Å²) in [6.07, 6.45) is 3.60. The summed E-state index contributed by atoms with van der Waals surface area (Å²) in [6.45, 7) is 0. The van der Waals surface area contributed by atoms with E-state index in [1.165, 1.54) is 35.5 Å². The molecular formula is C13H17NOS. The monoisotopic (exact) mass is 235 g/mol. The molecule has 2 aliphatic rings. The molecule has 2 N–H and O–H groups in total. The van der Waals surface area contributed by atoms with Crippen molar-refractivity contribution in [3.8, 4) is 5.75 Å². The summed E-state index contributed by atoms with van der Waals surface area (Å²) >= 11 is 1.93. The molecule has 1 unspecified atom stereocenters. The van der Waals surface area contributed by atoms with Gasteiger partial charge in [0, 0.05) is 16.4 Å². The maximum Gasteiger partial charge on any atom is 0.119 e. The Morgan fingerprint density at radius 3 is 2.94 bits per heavy atom. The smallest absolute Gasteiger partial charge is 0.119 e. The summed E-state index contributed by atoms with van der Waals surface area (Å²) in [4.78, 5) is 1.37. The van der Waals surface area contributed by atoms with Crippen molar-refractivity contribution in [2.45, 2.75) is 35.6 Å². The number of thioether (sulfide) groups is 1. The van der Waals surface area contributed by atoms with Crippen LogP contribution in [0.15, 0.2) is 23.1 Å². The molecule has 3 heteroatoms. The van der Waals surface area contributed by atoms with Gasteiger partial charge in [0.05, 0.1) is 7.11 Å². The number of methoxy groups -OCH3 is 1. The molecule has 1 fully saturated rings. The standard InChI is InChI=1S/C13H17NOS/c1-15-9-2-3-10-11(13(14)5-6-13)4-7-16-12(10)8-9/h2-3,8,11H,4-7,14H2,1H3. The van der Waals surface area contributed by atoms with E-state index in [0.29, 0.717) is 5.92 Å². The van der Waals surface area contributed by atoms with Gasteiger partial charge in [0.2, 0.25) is 0 Å². The van der Waals surface area contributed by atoms with Crippen molar-refractivity contribution in [2.24, 2.45) is 5.73 Å². The van der Waals surface area contributed by atoms with E-state index in [0.717, 1.165) is 5.75 Å². The van der Waals surface area contributed by atoms with Crippen LogP contribution in [-0.4, -0.2) is 18.4 Å². The second-order valence-corrected chi connectivity index (χ2v) is 5.96. The predicted molar refractivity (Wildman–Crippen MR) is 67.2 cm³/mol. The fourth-order valence-corrected chi connectivity index (χ4v) is 3.74. The third-order valence-electron chi connectivity index (χ3n) is 3.78. The second kappa shape index (κ2) is 3.67. The Labute approximate surface area is 101 Å². The maximum atomic E-state index is 6.37. The van der Waals surface area contributed by atoms with Crippen molar-refractivity contribution in [1.82, 2.24) is 0 Å². The van der Waals surface area contributed by atoms with Gasteiger partial charge in [-0.2, -0.15) is 0 Å². The van der Waals surface area contributed by atoms with Crippen molar-refractivity contribution >= 4 is 11.8 Å². The number of nitrogens with two attached hydrogens (primary N) is 1. The molecule has 0 aromatic heterocycles. The predicted octanol–water partition coefficient (Wildman–Crippen LogP) is 2.77. The van der Waals surface area contributed by atoms with Crippen LogP contribution >= 0.6 is 11.8 Å². The van der Waals surface area contributed by atoms with Gasteiger partial charge < -0.3 is 10.5 Å². The number of hydrogen-bond donors (Lipinski definition) is 1. The first-order chi connectivity index (χ1) is 7.73. The molecule has 0 amide bonds. The quantitative estimate of drug-likeness (QED) is 0.856. The second-order valence-electron chi connectivity index (χ2n) is 4.83. The zero-order valence-electron chi connectivity index (χ0n) is 9.53. The minimum atomic E-state index is 0.102. The van der Waals surface area contributed by atoms with E-state index >= 15 is 0 Å². The highest BCUT2D eigenvalue weighted by Gasteiger charge is 2.47. The fraction of sp³-hybridized carbons (Fsp3) is 0.538. The van der Waals surface area contributed by atoms with Crippen LogP contribution in [0.4, 0.5) is 0 Å². The zero-order chi connectivity index (χ0) is 11.2. The van der Waals surface area contributed by atoms with Gasteiger partial charge in [-0.1, -0.05) is 6.07 Å². The third kappa shape index (κ3) is 1.62. The van der Waals surface area contributed by atoms with Crippen molar-refractivity contribution in [2.75, 3.05) is 12.9 Å². The van der Waals surface area contributed by atoms with Crippen LogP contribution in [0.2, 0.25) is 0 Å². The maximum absolute atomic E-state index is 6.37. The summed E-state index contributed by atoms with van der Waals surface area (Å²) in [5.74, 6) is 2.70. The molecule has 0 spiro atoms. The van der Waals surface area contributed by atoms with E-state index in [2.05, 4.69) is 18.2 Å². The van der Waals surface area contributed by atoms with Crippen LogP contribution in [-0.2, 0) is 0 Å². The molecule has 86 valence electrons. The Balaban J connectivity index is 1.99. The van der Waals surface area contributed by atoms with Crippen LogP contribution in [0.5, 0.6) is 5.75 Å². The number of ether oxygens (including phenoxy) is 1. The highest BCUT2D eigenvalue weighted by atomic mass is 32.2. The molecule has 1 aromatic rings. The van der Waals surface area contributed by atoms with Crippen LogP contribution in [0.3, 0.4) is 0 Å². The lowest BCUT2D eigenvalue weighted by molar-refractivity contribution is 0.412. The van der Waals surface area contributed by atoms with Gasteiger partial charge in [-0.05, 0) is 42.7 Å². The molecule has 1 atom stereocenters. The topological polar surface area (TPSA) is 35.2 Å². The van der Waals surface area contributed by atoms with Crippen molar-refractivity contribution in [3.05, 3.63) is 23.8 Å². The van der Waals surface area contributed by atoms with Crippen molar-refractivity contribution < 1.29 is 4.74 Å². The van der Waals surface area contributed by atoms with E-state index in [1.807, 2.05) is 11.8 Å².